The fraction of sp³-hybridized carbons (Fsp3) is 0. The second kappa shape index (κ2) is 4.72. The van der Waals surface area contributed by atoms with Crippen LogP contribution in [0.1, 0.15) is 5.56 Å². The number of carbonyl (C=O) groups is 1. The van der Waals surface area contributed by atoms with E-state index in [9.17, 15) is 13.2 Å². The third kappa shape index (κ3) is 4.39. The second-order valence-electron chi connectivity index (χ2n) is 2.59. The molecule has 1 aromatic carbocycles. The van der Waals surface area contributed by atoms with Crippen LogP contribution < -0.4 is 0 Å². The number of rotatable bonds is 4. The zero-order chi connectivity index (χ0) is 11.3. The van der Waals surface area contributed by atoms with Crippen LogP contribution in [0.2, 0.25) is 0 Å². The summed E-state index contributed by atoms with van der Waals surface area (Å²) in [7, 11) is -4.66. The smallest absolute Gasteiger partial charge is 0.358 e. The van der Waals surface area contributed by atoms with E-state index in [1.165, 1.54) is 6.08 Å². The lowest BCUT2D eigenvalue weighted by Crippen LogP contribution is -2.04. The molecule has 0 unspecified atom stereocenters. The van der Waals surface area contributed by atoms with E-state index in [0.717, 1.165) is 0 Å². The molecule has 1 rings (SSSR count). The molecule has 6 heteroatoms. The van der Waals surface area contributed by atoms with Crippen LogP contribution in [0, 0.1) is 0 Å². The first kappa shape index (κ1) is 11.4. The second-order valence-corrected chi connectivity index (χ2v) is 3.61. The Bertz CT molecular complexity index is 461. The maximum Gasteiger partial charge on any atom is 0.446 e. The molecule has 0 fully saturated rings. The summed E-state index contributed by atoms with van der Waals surface area (Å²) >= 11 is 0. The quantitative estimate of drug-likeness (QED) is 0.360. The number of allylic oxidation sites excluding steroid dienone is 1. The van der Waals surface area contributed by atoms with Gasteiger partial charge in [-0.05, 0) is 11.6 Å². The largest absolute Gasteiger partial charge is 0.446 e. The van der Waals surface area contributed by atoms with Crippen molar-refractivity contribution in [1.29, 1.82) is 0 Å². The highest BCUT2D eigenvalue weighted by atomic mass is 32.3. The summed E-state index contributed by atoms with van der Waals surface area (Å²) in [6.07, 6.45) is 1.39. The van der Waals surface area contributed by atoms with Crippen LogP contribution >= 0.6 is 0 Å². The standard InChI is InChI=1S/C9H8O5S/c10-7-9(14-15(11,12)13)6-8-4-2-1-3-5-8/h1-7H,(H,11,12,13). The van der Waals surface area contributed by atoms with Crippen molar-refractivity contribution in [3.63, 3.8) is 0 Å². The van der Waals surface area contributed by atoms with Crippen molar-refractivity contribution in [2.24, 2.45) is 0 Å². The molecule has 0 saturated carbocycles. The summed E-state index contributed by atoms with van der Waals surface area (Å²) in [6, 6.07) is 8.48. The van der Waals surface area contributed by atoms with E-state index >= 15 is 0 Å². The Morgan fingerprint density at radius 3 is 2.33 bits per heavy atom. The minimum atomic E-state index is -4.66. The van der Waals surface area contributed by atoms with Gasteiger partial charge in [-0.15, -0.1) is 0 Å². The third-order valence-corrected chi connectivity index (χ3v) is 1.83. The Morgan fingerprint density at radius 1 is 1.27 bits per heavy atom. The Hall–Kier alpha value is -1.66. The van der Waals surface area contributed by atoms with Gasteiger partial charge in [0.1, 0.15) is 0 Å². The van der Waals surface area contributed by atoms with Gasteiger partial charge in [-0.3, -0.25) is 9.35 Å². The highest BCUT2D eigenvalue weighted by molar-refractivity contribution is 7.81. The maximum absolute atomic E-state index is 10.4. The molecule has 0 aromatic heterocycles. The van der Waals surface area contributed by atoms with Crippen molar-refractivity contribution in [1.82, 2.24) is 0 Å². The molecule has 0 aliphatic carbocycles. The Labute approximate surface area is 86.9 Å². The lowest BCUT2D eigenvalue weighted by molar-refractivity contribution is -0.106. The first-order valence-corrected chi connectivity index (χ1v) is 5.26. The highest BCUT2D eigenvalue weighted by Gasteiger charge is 2.08. The number of carbonyl (C=O) groups excluding carboxylic acids is 1. The molecule has 0 saturated heterocycles. The zero-order valence-corrected chi connectivity index (χ0v) is 8.35. The highest BCUT2D eigenvalue weighted by Crippen LogP contribution is 2.07. The molecule has 0 amide bonds. The van der Waals surface area contributed by atoms with E-state index in [1.54, 1.807) is 30.3 Å². The Kier molecular flexibility index (Phi) is 3.59. The van der Waals surface area contributed by atoms with Crippen molar-refractivity contribution in [2.75, 3.05) is 0 Å². The summed E-state index contributed by atoms with van der Waals surface area (Å²) in [5.74, 6) is -0.483. The molecule has 0 bridgehead atoms. The van der Waals surface area contributed by atoms with Gasteiger partial charge < -0.3 is 4.18 Å². The molecular weight excluding hydrogens is 220 g/mol. The number of hydrogen-bond acceptors (Lipinski definition) is 4. The van der Waals surface area contributed by atoms with Gasteiger partial charge in [-0.25, -0.2) is 0 Å². The fourth-order valence-electron chi connectivity index (χ4n) is 0.913. The maximum atomic E-state index is 10.4. The molecule has 1 aromatic rings. The first-order chi connectivity index (χ1) is 7.01. The molecule has 80 valence electrons. The van der Waals surface area contributed by atoms with Crippen molar-refractivity contribution in [3.05, 3.63) is 41.7 Å². The fourth-order valence-corrected chi connectivity index (χ4v) is 1.24. The van der Waals surface area contributed by atoms with Crippen LogP contribution in [0.3, 0.4) is 0 Å². The van der Waals surface area contributed by atoms with Gasteiger partial charge >= 0.3 is 10.4 Å². The minimum absolute atomic E-state index is 0.195. The zero-order valence-electron chi connectivity index (χ0n) is 7.53. The van der Waals surface area contributed by atoms with Gasteiger partial charge in [0.15, 0.2) is 12.0 Å². The molecule has 0 aliphatic heterocycles. The van der Waals surface area contributed by atoms with Gasteiger partial charge in [-0.1, -0.05) is 30.3 Å². The van der Waals surface area contributed by atoms with Crippen molar-refractivity contribution in [2.45, 2.75) is 0 Å². The molecule has 15 heavy (non-hydrogen) atoms. The number of hydrogen-bond donors (Lipinski definition) is 1. The summed E-state index contributed by atoms with van der Waals surface area (Å²) in [4.78, 5) is 10.4. The summed E-state index contributed by atoms with van der Waals surface area (Å²) in [5.41, 5.74) is 0.586. The lowest BCUT2D eigenvalue weighted by atomic mass is 10.2. The number of benzene rings is 1. The summed E-state index contributed by atoms with van der Waals surface area (Å²) in [5, 5.41) is 0. The van der Waals surface area contributed by atoms with Gasteiger partial charge in [0.25, 0.3) is 0 Å². The average Bonchev–Trinajstić information content (AvgIpc) is 2.16. The molecular formula is C9H8O5S. The predicted octanol–water partition coefficient (Wildman–Crippen LogP) is 1.05. The SMILES string of the molecule is O=CC(=Cc1ccccc1)OS(=O)(=O)O. The summed E-state index contributed by atoms with van der Waals surface area (Å²) < 4.78 is 33.0. The van der Waals surface area contributed by atoms with Crippen molar-refractivity contribution in [3.8, 4) is 0 Å². The van der Waals surface area contributed by atoms with Gasteiger partial charge in [0.2, 0.25) is 0 Å². The van der Waals surface area contributed by atoms with Crippen molar-refractivity contribution >= 4 is 22.8 Å². The normalized spacial score (nSPS) is 12.2. The van der Waals surface area contributed by atoms with Crippen LogP contribution in [0.5, 0.6) is 0 Å². The predicted molar refractivity (Wildman–Crippen MR) is 53.1 cm³/mol. The van der Waals surface area contributed by atoms with Gasteiger partial charge in [0, 0.05) is 0 Å². The van der Waals surface area contributed by atoms with Crippen LogP contribution in [-0.4, -0.2) is 19.3 Å². The van der Waals surface area contributed by atoms with Crippen LogP contribution in [-0.2, 0) is 19.4 Å². The molecule has 0 atom stereocenters. The molecule has 0 radical (unpaired) electrons. The Morgan fingerprint density at radius 2 is 1.87 bits per heavy atom. The molecule has 0 aliphatic rings. The van der Waals surface area contributed by atoms with E-state index in [0.29, 0.717) is 5.56 Å². The molecule has 0 heterocycles. The van der Waals surface area contributed by atoms with Crippen LogP contribution in [0.15, 0.2) is 36.1 Å². The third-order valence-electron chi connectivity index (χ3n) is 1.43. The Balaban J connectivity index is 2.93. The topological polar surface area (TPSA) is 80.7 Å². The van der Waals surface area contributed by atoms with Gasteiger partial charge in [0.05, 0.1) is 0 Å². The minimum Gasteiger partial charge on any atom is -0.358 e. The molecule has 0 spiro atoms. The number of aldehydes is 1. The van der Waals surface area contributed by atoms with Crippen molar-refractivity contribution < 1.29 is 21.9 Å². The monoisotopic (exact) mass is 228 g/mol. The summed E-state index contributed by atoms with van der Waals surface area (Å²) in [6.45, 7) is 0. The van der Waals surface area contributed by atoms with Gasteiger partial charge in [-0.2, -0.15) is 8.42 Å². The molecule has 5 nitrogen and oxygen atoms in total. The van der Waals surface area contributed by atoms with E-state index < -0.39 is 16.2 Å². The van der Waals surface area contributed by atoms with Crippen LogP contribution in [0.4, 0.5) is 0 Å². The average molecular weight is 228 g/mol. The van der Waals surface area contributed by atoms with E-state index in [2.05, 4.69) is 4.18 Å². The van der Waals surface area contributed by atoms with Crippen LogP contribution in [0.25, 0.3) is 6.08 Å². The molecule has 1 N–H and O–H groups in total. The first-order valence-electron chi connectivity index (χ1n) is 3.90. The van der Waals surface area contributed by atoms with E-state index in [-0.39, 0.29) is 6.29 Å². The lowest BCUT2D eigenvalue weighted by Gasteiger charge is -1.99. The van der Waals surface area contributed by atoms with E-state index in [1.807, 2.05) is 0 Å². The van der Waals surface area contributed by atoms with E-state index in [4.69, 9.17) is 4.55 Å².